The fourth-order valence-corrected chi connectivity index (χ4v) is 2.54. The molecule has 1 amide bonds. The number of pyridine rings is 1. The number of nitrogens with zero attached hydrogens (tertiary/aromatic N) is 1. The Morgan fingerprint density at radius 3 is 2.94 bits per heavy atom. The number of hydrogen-bond donors (Lipinski definition) is 2. The van der Waals surface area contributed by atoms with Gasteiger partial charge in [-0.2, -0.15) is 0 Å². The maximum atomic E-state index is 12.2. The Balaban J connectivity index is 2.05. The molecule has 0 saturated carbocycles. The average Bonchev–Trinajstić information content (AvgIpc) is 2.31. The molecule has 0 aromatic carbocycles. The summed E-state index contributed by atoms with van der Waals surface area (Å²) in [5.41, 5.74) is -0.0162. The molecule has 1 aliphatic heterocycles. The van der Waals surface area contributed by atoms with Crippen LogP contribution >= 0.6 is 15.9 Å². The minimum atomic E-state index is -0.156. The summed E-state index contributed by atoms with van der Waals surface area (Å²) in [7, 11) is 0. The smallest absolute Gasteiger partial charge is 0.243 e. The summed E-state index contributed by atoms with van der Waals surface area (Å²) in [5.74, 6) is 0.584. The van der Waals surface area contributed by atoms with Crippen LogP contribution in [0.3, 0.4) is 0 Å². The van der Waals surface area contributed by atoms with Gasteiger partial charge in [0.05, 0.1) is 6.04 Å². The topological polar surface area (TPSA) is 54.0 Å². The zero-order chi connectivity index (χ0) is 13.2. The Bertz CT molecular complexity index is 430. The van der Waals surface area contributed by atoms with Crippen molar-refractivity contribution in [2.24, 2.45) is 5.41 Å². The third-order valence-corrected chi connectivity index (χ3v) is 3.84. The maximum absolute atomic E-state index is 12.2. The first kappa shape index (κ1) is 13.5. The average molecular weight is 312 g/mol. The van der Waals surface area contributed by atoms with Crippen molar-refractivity contribution in [2.45, 2.75) is 32.7 Å². The first-order valence-electron chi connectivity index (χ1n) is 6.15. The molecule has 2 N–H and O–H groups in total. The second-order valence-corrected chi connectivity index (χ2v) is 6.25. The predicted octanol–water partition coefficient (Wildman–Crippen LogP) is 2.56. The summed E-state index contributed by atoms with van der Waals surface area (Å²) < 4.78 is 0.900. The van der Waals surface area contributed by atoms with Crippen molar-refractivity contribution in [3.05, 3.63) is 22.8 Å². The number of amides is 1. The standard InChI is InChI=1S/C13H18BrN3O/c1-13(2)6-3-7-15-11(13)12(18)17-10-5-4-9(14)8-16-10/h4-5,8,11,15H,3,6-7H2,1-2H3,(H,16,17,18). The summed E-state index contributed by atoms with van der Waals surface area (Å²) in [6.07, 6.45) is 3.86. The van der Waals surface area contributed by atoms with Crippen LogP contribution in [0.15, 0.2) is 22.8 Å². The number of aromatic nitrogens is 1. The van der Waals surface area contributed by atoms with Crippen LogP contribution in [0.4, 0.5) is 5.82 Å². The fraction of sp³-hybridized carbons (Fsp3) is 0.538. The normalized spacial score (nSPS) is 22.5. The van der Waals surface area contributed by atoms with Crippen LogP contribution in [0.25, 0.3) is 0 Å². The lowest BCUT2D eigenvalue weighted by Gasteiger charge is -2.38. The van der Waals surface area contributed by atoms with Crippen LogP contribution in [0, 0.1) is 5.41 Å². The Labute approximate surface area is 116 Å². The highest BCUT2D eigenvalue weighted by atomic mass is 79.9. The van der Waals surface area contributed by atoms with Gasteiger partial charge in [0.2, 0.25) is 5.91 Å². The molecule has 98 valence electrons. The van der Waals surface area contributed by atoms with Gasteiger partial charge in [0.15, 0.2) is 0 Å². The van der Waals surface area contributed by atoms with Gasteiger partial charge in [-0.3, -0.25) is 4.79 Å². The van der Waals surface area contributed by atoms with Crippen molar-refractivity contribution in [2.75, 3.05) is 11.9 Å². The van der Waals surface area contributed by atoms with Crippen LogP contribution in [-0.4, -0.2) is 23.5 Å². The Morgan fingerprint density at radius 1 is 1.56 bits per heavy atom. The van der Waals surface area contributed by atoms with E-state index >= 15 is 0 Å². The molecule has 2 heterocycles. The molecule has 1 atom stereocenters. The van der Waals surface area contributed by atoms with E-state index < -0.39 is 0 Å². The fourth-order valence-electron chi connectivity index (χ4n) is 2.31. The molecule has 0 spiro atoms. The van der Waals surface area contributed by atoms with Crippen molar-refractivity contribution in [1.82, 2.24) is 10.3 Å². The molecule has 1 fully saturated rings. The lowest BCUT2D eigenvalue weighted by molar-refractivity contribution is -0.121. The van der Waals surface area contributed by atoms with Gasteiger partial charge < -0.3 is 10.6 Å². The summed E-state index contributed by atoms with van der Waals surface area (Å²) in [5, 5.41) is 6.15. The van der Waals surface area contributed by atoms with Gasteiger partial charge in [-0.25, -0.2) is 4.98 Å². The molecular formula is C13H18BrN3O. The van der Waals surface area contributed by atoms with Crippen LogP contribution in [0.2, 0.25) is 0 Å². The summed E-state index contributed by atoms with van der Waals surface area (Å²) in [6, 6.07) is 3.50. The van der Waals surface area contributed by atoms with Gasteiger partial charge in [0.1, 0.15) is 5.82 Å². The Kier molecular flexibility index (Phi) is 4.02. The van der Waals surface area contributed by atoms with Crippen LogP contribution in [0.1, 0.15) is 26.7 Å². The van der Waals surface area contributed by atoms with E-state index in [2.05, 4.69) is 45.4 Å². The van der Waals surface area contributed by atoms with Crippen LogP contribution in [0.5, 0.6) is 0 Å². The van der Waals surface area contributed by atoms with Crippen molar-refractivity contribution in [3.63, 3.8) is 0 Å². The molecule has 5 heteroatoms. The van der Waals surface area contributed by atoms with Crippen molar-refractivity contribution < 1.29 is 4.79 Å². The lowest BCUT2D eigenvalue weighted by atomic mass is 9.77. The number of rotatable bonds is 2. The molecule has 1 saturated heterocycles. The molecular weight excluding hydrogens is 294 g/mol. The molecule has 0 radical (unpaired) electrons. The van der Waals surface area contributed by atoms with Gasteiger partial charge in [0, 0.05) is 10.7 Å². The predicted molar refractivity (Wildman–Crippen MR) is 75.4 cm³/mol. The molecule has 1 aromatic heterocycles. The van der Waals surface area contributed by atoms with Crippen LogP contribution < -0.4 is 10.6 Å². The van der Waals surface area contributed by atoms with E-state index in [1.165, 1.54) is 0 Å². The summed E-state index contributed by atoms with van der Waals surface area (Å²) >= 11 is 3.32. The molecule has 0 bridgehead atoms. The van der Waals surface area contributed by atoms with Gasteiger partial charge in [-0.1, -0.05) is 13.8 Å². The second kappa shape index (κ2) is 5.36. The lowest BCUT2D eigenvalue weighted by Crippen LogP contribution is -2.53. The first-order chi connectivity index (χ1) is 8.49. The molecule has 18 heavy (non-hydrogen) atoms. The van der Waals surface area contributed by atoms with E-state index in [-0.39, 0.29) is 17.4 Å². The number of carbonyl (C=O) groups is 1. The maximum Gasteiger partial charge on any atom is 0.243 e. The minimum absolute atomic E-state index is 0.00507. The Hall–Kier alpha value is -0.940. The van der Waals surface area contributed by atoms with Gasteiger partial charge in [0.25, 0.3) is 0 Å². The van der Waals surface area contributed by atoms with E-state index in [9.17, 15) is 4.79 Å². The van der Waals surface area contributed by atoms with Gasteiger partial charge in [-0.05, 0) is 52.9 Å². The number of piperidine rings is 1. The Morgan fingerprint density at radius 2 is 2.33 bits per heavy atom. The number of halogens is 1. The van der Waals surface area contributed by atoms with E-state index in [4.69, 9.17) is 0 Å². The first-order valence-corrected chi connectivity index (χ1v) is 6.94. The van der Waals surface area contributed by atoms with Crippen molar-refractivity contribution in [3.8, 4) is 0 Å². The molecule has 0 aliphatic carbocycles. The van der Waals surface area contributed by atoms with Gasteiger partial charge >= 0.3 is 0 Å². The number of carbonyl (C=O) groups excluding carboxylic acids is 1. The van der Waals surface area contributed by atoms with Crippen molar-refractivity contribution >= 4 is 27.7 Å². The third-order valence-electron chi connectivity index (χ3n) is 3.37. The van der Waals surface area contributed by atoms with E-state index in [0.717, 1.165) is 23.9 Å². The summed E-state index contributed by atoms with van der Waals surface area (Å²) in [6.45, 7) is 5.14. The molecule has 1 aliphatic rings. The van der Waals surface area contributed by atoms with Crippen LogP contribution in [-0.2, 0) is 4.79 Å². The molecule has 2 rings (SSSR count). The highest BCUT2D eigenvalue weighted by Crippen LogP contribution is 2.30. The summed E-state index contributed by atoms with van der Waals surface area (Å²) in [4.78, 5) is 16.4. The number of hydrogen-bond acceptors (Lipinski definition) is 3. The highest BCUT2D eigenvalue weighted by Gasteiger charge is 2.37. The zero-order valence-corrected chi connectivity index (χ0v) is 12.3. The molecule has 4 nitrogen and oxygen atoms in total. The second-order valence-electron chi connectivity index (χ2n) is 5.33. The molecule has 1 aromatic rings. The van der Waals surface area contributed by atoms with E-state index in [1.807, 2.05) is 6.07 Å². The van der Waals surface area contributed by atoms with E-state index in [0.29, 0.717) is 5.82 Å². The largest absolute Gasteiger partial charge is 0.309 e. The monoisotopic (exact) mass is 311 g/mol. The minimum Gasteiger partial charge on any atom is -0.309 e. The number of anilines is 1. The zero-order valence-electron chi connectivity index (χ0n) is 10.7. The number of nitrogens with one attached hydrogen (secondary N) is 2. The third kappa shape index (κ3) is 3.09. The van der Waals surface area contributed by atoms with Gasteiger partial charge in [-0.15, -0.1) is 0 Å². The molecule has 1 unspecified atom stereocenters. The quantitative estimate of drug-likeness (QED) is 0.882. The van der Waals surface area contributed by atoms with Crippen molar-refractivity contribution in [1.29, 1.82) is 0 Å². The van der Waals surface area contributed by atoms with E-state index in [1.54, 1.807) is 12.3 Å². The SMILES string of the molecule is CC1(C)CCCNC1C(=O)Nc1ccc(Br)cn1. The highest BCUT2D eigenvalue weighted by molar-refractivity contribution is 9.10.